The molecule has 1 aromatic rings. The van der Waals surface area contributed by atoms with Crippen LogP contribution >= 0.6 is 0 Å². The largest absolute Gasteiger partial charge is 0.493 e. The summed E-state index contributed by atoms with van der Waals surface area (Å²) >= 11 is 0. The maximum atomic E-state index is 5.65. The highest BCUT2D eigenvalue weighted by Gasteiger charge is 2.08. The Morgan fingerprint density at radius 1 is 0.875 bits per heavy atom. The van der Waals surface area contributed by atoms with Gasteiger partial charge in [0, 0.05) is 6.07 Å². The van der Waals surface area contributed by atoms with Gasteiger partial charge in [0.1, 0.15) is 5.75 Å². The van der Waals surface area contributed by atoms with Gasteiger partial charge in [-0.3, -0.25) is 0 Å². The monoisotopic (exact) mass is 224 g/mol. The smallest absolute Gasteiger partial charge is 0.165 e. The molecule has 1 aromatic carbocycles. The Balaban J connectivity index is 2.91. The van der Waals surface area contributed by atoms with Crippen molar-refractivity contribution < 1.29 is 14.2 Å². The fourth-order valence-electron chi connectivity index (χ4n) is 1.35. The van der Waals surface area contributed by atoms with Gasteiger partial charge >= 0.3 is 0 Å². The molecular weight excluding hydrogens is 204 g/mol. The van der Waals surface area contributed by atoms with Crippen LogP contribution in [0.3, 0.4) is 0 Å². The van der Waals surface area contributed by atoms with Crippen LogP contribution in [-0.2, 0) is 0 Å². The van der Waals surface area contributed by atoms with Gasteiger partial charge in [0.15, 0.2) is 11.5 Å². The molecule has 16 heavy (non-hydrogen) atoms. The van der Waals surface area contributed by atoms with Crippen LogP contribution in [0.5, 0.6) is 17.2 Å². The molecule has 0 atom stereocenters. The minimum absolute atomic E-state index is 0.114. The predicted octanol–water partition coefficient (Wildman–Crippen LogP) is 3.27. The van der Waals surface area contributed by atoms with Gasteiger partial charge in [0.25, 0.3) is 0 Å². The first-order valence-electron chi connectivity index (χ1n) is 5.54. The van der Waals surface area contributed by atoms with Crippen molar-refractivity contribution in [1.82, 2.24) is 0 Å². The van der Waals surface area contributed by atoms with Gasteiger partial charge in [-0.2, -0.15) is 0 Å². The summed E-state index contributed by atoms with van der Waals surface area (Å²) in [6.07, 6.45) is 0.267. The van der Waals surface area contributed by atoms with Crippen molar-refractivity contribution >= 4 is 0 Å². The lowest BCUT2D eigenvalue weighted by molar-refractivity contribution is 0.220. The highest BCUT2D eigenvalue weighted by molar-refractivity contribution is 5.45. The minimum atomic E-state index is 0.114. The van der Waals surface area contributed by atoms with Crippen LogP contribution in [0.4, 0.5) is 0 Å². The second kappa shape index (κ2) is 5.64. The van der Waals surface area contributed by atoms with Crippen molar-refractivity contribution in [2.24, 2.45) is 0 Å². The van der Waals surface area contributed by atoms with Gasteiger partial charge in [0.05, 0.1) is 19.3 Å². The number of benzene rings is 1. The first-order chi connectivity index (χ1) is 7.52. The molecule has 0 radical (unpaired) electrons. The maximum absolute atomic E-state index is 5.65. The van der Waals surface area contributed by atoms with Crippen LogP contribution in [0.2, 0.25) is 0 Å². The second-order valence-electron chi connectivity index (χ2n) is 4.15. The van der Waals surface area contributed by atoms with Crippen molar-refractivity contribution in [3.05, 3.63) is 18.2 Å². The quantitative estimate of drug-likeness (QED) is 0.768. The van der Waals surface area contributed by atoms with Crippen LogP contribution < -0.4 is 14.2 Å². The van der Waals surface area contributed by atoms with E-state index in [2.05, 4.69) is 0 Å². The van der Waals surface area contributed by atoms with Gasteiger partial charge in [-0.15, -0.1) is 0 Å². The van der Waals surface area contributed by atoms with Gasteiger partial charge in [0.2, 0.25) is 0 Å². The number of rotatable bonds is 5. The standard InChI is InChI=1S/C13H20O3/c1-9(2)15-11-6-7-12(14-5)13(8-11)16-10(3)4/h6-10H,1-5H3. The normalized spacial score (nSPS) is 10.7. The molecule has 0 unspecified atom stereocenters. The fourth-order valence-corrected chi connectivity index (χ4v) is 1.35. The molecule has 0 fully saturated rings. The average molecular weight is 224 g/mol. The zero-order valence-electron chi connectivity index (χ0n) is 10.6. The van der Waals surface area contributed by atoms with E-state index >= 15 is 0 Å². The zero-order valence-corrected chi connectivity index (χ0v) is 10.6. The minimum Gasteiger partial charge on any atom is -0.493 e. The lowest BCUT2D eigenvalue weighted by atomic mass is 10.3. The average Bonchev–Trinajstić information content (AvgIpc) is 2.16. The molecule has 0 N–H and O–H groups in total. The molecule has 0 heterocycles. The first-order valence-corrected chi connectivity index (χ1v) is 5.54. The Kier molecular flexibility index (Phi) is 4.47. The third-order valence-electron chi connectivity index (χ3n) is 1.87. The van der Waals surface area contributed by atoms with E-state index in [9.17, 15) is 0 Å². The molecule has 0 bridgehead atoms. The van der Waals surface area contributed by atoms with Crippen LogP contribution in [0.1, 0.15) is 27.7 Å². The SMILES string of the molecule is COc1ccc(OC(C)C)cc1OC(C)C. The topological polar surface area (TPSA) is 27.7 Å². The van der Waals surface area contributed by atoms with E-state index in [0.29, 0.717) is 0 Å². The molecule has 3 nitrogen and oxygen atoms in total. The van der Waals surface area contributed by atoms with E-state index in [1.54, 1.807) is 7.11 Å². The third kappa shape index (κ3) is 3.65. The van der Waals surface area contributed by atoms with E-state index in [-0.39, 0.29) is 12.2 Å². The Morgan fingerprint density at radius 2 is 1.50 bits per heavy atom. The molecule has 0 amide bonds. The summed E-state index contributed by atoms with van der Waals surface area (Å²) in [4.78, 5) is 0. The van der Waals surface area contributed by atoms with Crippen LogP contribution in [0, 0.1) is 0 Å². The summed E-state index contributed by atoms with van der Waals surface area (Å²) in [5.41, 5.74) is 0. The Hall–Kier alpha value is -1.38. The Labute approximate surface area is 97.3 Å². The molecular formula is C13H20O3. The Bertz CT molecular complexity index is 332. The lowest BCUT2D eigenvalue weighted by Gasteiger charge is -2.16. The lowest BCUT2D eigenvalue weighted by Crippen LogP contribution is -2.08. The molecule has 0 aliphatic rings. The Morgan fingerprint density at radius 3 is 2.00 bits per heavy atom. The van der Waals surface area contributed by atoms with Crippen molar-refractivity contribution in [1.29, 1.82) is 0 Å². The molecule has 1 rings (SSSR count). The fraction of sp³-hybridized carbons (Fsp3) is 0.538. The molecule has 0 saturated carbocycles. The van der Waals surface area contributed by atoms with E-state index in [0.717, 1.165) is 17.2 Å². The number of hydrogen-bond donors (Lipinski definition) is 0. The molecule has 0 spiro atoms. The number of methoxy groups -OCH3 is 1. The van der Waals surface area contributed by atoms with Gasteiger partial charge in [-0.05, 0) is 39.8 Å². The molecule has 90 valence electrons. The van der Waals surface area contributed by atoms with Crippen molar-refractivity contribution in [2.75, 3.05) is 7.11 Å². The van der Waals surface area contributed by atoms with Crippen LogP contribution in [-0.4, -0.2) is 19.3 Å². The summed E-state index contributed by atoms with van der Waals surface area (Å²) in [5, 5.41) is 0. The summed E-state index contributed by atoms with van der Waals surface area (Å²) < 4.78 is 16.5. The van der Waals surface area contributed by atoms with Crippen LogP contribution in [0.15, 0.2) is 18.2 Å². The van der Waals surface area contributed by atoms with E-state index in [4.69, 9.17) is 14.2 Å². The number of hydrogen-bond acceptors (Lipinski definition) is 3. The number of ether oxygens (including phenoxy) is 3. The van der Waals surface area contributed by atoms with E-state index in [1.807, 2.05) is 45.9 Å². The van der Waals surface area contributed by atoms with Gasteiger partial charge in [-0.25, -0.2) is 0 Å². The summed E-state index contributed by atoms with van der Waals surface area (Å²) in [6.45, 7) is 7.95. The predicted molar refractivity (Wildman–Crippen MR) is 64.5 cm³/mol. The third-order valence-corrected chi connectivity index (χ3v) is 1.87. The summed E-state index contributed by atoms with van der Waals surface area (Å²) in [5.74, 6) is 2.24. The molecule has 3 heteroatoms. The first kappa shape index (κ1) is 12.7. The molecule has 0 aliphatic heterocycles. The second-order valence-corrected chi connectivity index (χ2v) is 4.15. The zero-order chi connectivity index (χ0) is 12.1. The molecule has 0 saturated heterocycles. The summed E-state index contributed by atoms with van der Waals surface area (Å²) in [6, 6.07) is 5.60. The van der Waals surface area contributed by atoms with E-state index in [1.165, 1.54) is 0 Å². The van der Waals surface area contributed by atoms with Crippen molar-refractivity contribution in [3.63, 3.8) is 0 Å². The van der Waals surface area contributed by atoms with Gasteiger partial charge in [-0.1, -0.05) is 0 Å². The van der Waals surface area contributed by atoms with Crippen molar-refractivity contribution in [2.45, 2.75) is 39.9 Å². The highest BCUT2D eigenvalue weighted by atomic mass is 16.5. The maximum Gasteiger partial charge on any atom is 0.165 e. The molecule has 0 aromatic heterocycles. The molecule has 0 aliphatic carbocycles. The van der Waals surface area contributed by atoms with Crippen LogP contribution in [0.25, 0.3) is 0 Å². The summed E-state index contributed by atoms with van der Waals surface area (Å²) in [7, 11) is 1.63. The van der Waals surface area contributed by atoms with E-state index < -0.39 is 0 Å². The van der Waals surface area contributed by atoms with Crippen molar-refractivity contribution in [3.8, 4) is 17.2 Å². The highest BCUT2D eigenvalue weighted by Crippen LogP contribution is 2.32. The van der Waals surface area contributed by atoms with Gasteiger partial charge < -0.3 is 14.2 Å².